The fraction of sp³-hybridized carbons (Fsp3) is 0.938. The summed E-state index contributed by atoms with van der Waals surface area (Å²) in [6.45, 7) is 9.74. The molecule has 20 heavy (non-hydrogen) atoms. The van der Waals surface area contributed by atoms with E-state index in [1.54, 1.807) is 0 Å². The van der Waals surface area contributed by atoms with Crippen molar-refractivity contribution < 1.29 is 0 Å². The van der Waals surface area contributed by atoms with Gasteiger partial charge in [0.15, 0.2) is 0 Å². The van der Waals surface area contributed by atoms with E-state index in [0.29, 0.717) is 6.04 Å². The van der Waals surface area contributed by atoms with Crippen LogP contribution < -0.4 is 5.32 Å². The van der Waals surface area contributed by atoms with Gasteiger partial charge in [-0.05, 0) is 80.2 Å². The second-order valence-corrected chi connectivity index (χ2v) is 6.88. The lowest BCUT2D eigenvalue weighted by Crippen LogP contribution is -2.46. The summed E-state index contributed by atoms with van der Waals surface area (Å²) < 4.78 is 0. The minimum atomic E-state index is -0.379. The predicted octanol–water partition coefficient (Wildman–Crippen LogP) is 2.07. The minimum absolute atomic E-state index is 0.357. The van der Waals surface area contributed by atoms with E-state index in [2.05, 4.69) is 49.1 Å². The van der Waals surface area contributed by atoms with Gasteiger partial charge in [0.05, 0.1) is 6.07 Å². The Balaban J connectivity index is 2.26. The van der Waals surface area contributed by atoms with E-state index in [1.165, 1.54) is 25.9 Å². The van der Waals surface area contributed by atoms with Crippen LogP contribution in [-0.2, 0) is 0 Å². The molecule has 1 N–H and O–H groups in total. The average Bonchev–Trinajstić information content (AvgIpc) is 2.38. The number of hydrogen-bond donors (Lipinski definition) is 1. The highest BCUT2D eigenvalue weighted by Crippen LogP contribution is 2.17. The van der Waals surface area contributed by atoms with Gasteiger partial charge >= 0.3 is 0 Å². The van der Waals surface area contributed by atoms with Gasteiger partial charge in [0.2, 0.25) is 0 Å². The first-order valence-corrected chi connectivity index (χ1v) is 7.94. The quantitative estimate of drug-likeness (QED) is 0.775. The average molecular weight is 280 g/mol. The van der Waals surface area contributed by atoms with Crippen molar-refractivity contribution in [3.05, 3.63) is 0 Å². The zero-order valence-electron chi connectivity index (χ0n) is 13.9. The molecule has 0 bridgehead atoms. The van der Waals surface area contributed by atoms with E-state index in [4.69, 9.17) is 0 Å². The number of nitrogens with zero attached hydrogens (tertiary/aromatic N) is 3. The van der Waals surface area contributed by atoms with Crippen molar-refractivity contribution in [2.75, 3.05) is 33.7 Å². The van der Waals surface area contributed by atoms with Crippen LogP contribution >= 0.6 is 0 Å². The molecule has 1 atom stereocenters. The largest absolute Gasteiger partial charge is 0.306 e. The second kappa shape index (κ2) is 7.97. The fourth-order valence-corrected chi connectivity index (χ4v) is 3.11. The summed E-state index contributed by atoms with van der Waals surface area (Å²) in [5, 5.41) is 12.7. The molecule has 0 aromatic rings. The third kappa shape index (κ3) is 5.78. The van der Waals surface area contributed by atoms with E-state index in [1.807, 2.05) is 6.92 Å². The molecule has 1 saturated heterocycles. The smallest absolute Gasteiger partial charge is 0.104 e. The van der Waals surface area contributed by atoms with Gasteiger partial charge in [0, 0.05) is 12.1 Å². The van der Waals surface area contributed by atoms with Gasteiger partial charge in [0.1, 0.15) is 5.54 Å². The van der Waals surface area contributed by atoms with Gasteiger partial charge in [-0.1, -0.05) is 0 Å². The van der Waals surface area contributed by atoms with Crippen LogP contribution in [0, 0.1) is 11.3 Å². The van der Waals surface area contributed by atoms with Crippen molar-refractivity contribution >= 4 is 0 Å². The van der Waals surface area contributed by atoms with Gasteiger partial charge in [0.25, 0.3) is 0 Å². The topological polar surface area (TPSA) is 42.3 Å². The van der Waals surface area contributed by atoms with Crippen molar-refractivity contribution in [1.82, 2.24) is 15.1 Å². The molecule has 1 unspecified atom stereocenters. The highest BCUT2D eigenvalue weighted by molar-refractivity contribution is 5.04. The molecule has 1 rings (SSSR count). The van der Waals surface area contributed by atoms with Gasteiger partial charge in [-0.15, -0.1) is 0 Å². The Labute approximate surface area is 125 Å². The molecule has 1 heterocycles. The summed E-state index contributed by atoms with van der Waals surface area (Å²) in [6.07, 6.45) is 4.56. The predicted molar refractivity (Wildman–Crippen MR) is 84.7 cm³/mol. The second-order valence-electron chi connectivity index (χ2n) is 6.88. The molecule has 1 fully saturated rings. The lowest BCUT2D eigenvalue weighted by atomic mass is 9.96. The van der Waals surface area contributed by atoms with E-state index in [0.717, 1.165) is 25.4 Å². The molecule has 1 aliphatic rings. The zero-order valence-corrected chi connectivity index (χ0v) is 13.9. The van der Waals surface area contributed by atoms with Gasteiger partial charge in [-0.2, -0.15) is 5.26 Å². The van der Waals surface area contributed by atoms with Crippen LogP contribution in [0.15, 0.2) is 0 Å². The molecule has 0 aromatic carbocycles. The monoisotopic (exact) mass is 280 g/mol. The number of likely N-dealkylation sites (tertiary alicyclic amines) is 1. The lowest BCUT2D eigenvalue weighted by molar-refractivity contribution is 0.141. The molecule has 0 saturated carbocycles. The molecular weight excluding hydrogens is 248 g/mol. The summed E-state index contributed by atoms with van der Waals surface area (Å²) >= 11 is 0. The zero-order chi connectivity index (χ0) is 15.2. The molecule has 0 radical (unpaired) electrons. The van der Waals surface area contributed by atoms with Crippen LogP contribution in [0.5, 0.6) is 0 Å². The summed E-state index contributed by atoms with van der Waals surface area (Å²) in [7, 11) is 4.35. The highest BCUT2D eigenvalue weighted by atomic mass is 15.2. The lowest BCUT2D eigenvalue weighted by Gasteiger charge is -2.35. The summed E-state index contributed by atoms with van der Waals surface area (Å²) in [5.41, 5.74) is -0.379. The maximum absolute atomic E-state index is 9.34. The first-order valence-electron chi connectivity index (χ1n) is 7.94. The molecule has 0 spiro atoms. The molecule has 0 amide bonds. The van der Waals surface area contributed by atoms with E-state index < -0.39 is 0 Å². The Kier molecular flexibility index (Phi) is 6.94. The standard InChI is InChI=1S/C16H32N4/c1-14(2)18-16(3,13-17)9-6-10-20-11-7-15(8-12-20)19(4)5/h14-15,18H,6-12H2,1-5H3. The van der Waals surface area contributed by atoms with Crippen LogP contribution in [0.3, 0.4) is 0 Å². The van der Waals surface area contributed by atoms with Gasteiger partial charge in [-0.25, -0.2) is 0 Å². The normalized spacial score (nSPS) is 21.1. The molecule has 0 aliphatic carbocycles. The van der Waals surface area contributed by atoms with Gasteiger partial charge in [-0.3, -0.25) is 5.32 Å². The molecular formula is C16H32N4. The Bertz CT molecular complexity index is 313. The fourth-order valence-electron chi connectivity index (χ4n) is 3.11. The molecule has 116 valence electrons. The number of piperidine rings is 1. The molecule has 4 nitrogen and oxygen atoms in total. The van der Waals surface area contributed by atoms with Crippen molar-refractivity contribution in [3.8, 4) is 6.07 Å². The summed E-state index contributed by atoms with van der Waals surface area (Å²) in [4.78, 5) is 4.89. The number of nitrogens with one attached hydrogen (secondary N) is 1. The van der Waals surface area contributed by atoms with E-state index >= 15 is 0 Å². The van der Waals surface area contributed by atoms with Crippen LogP contribution in [-0.4, -0.2) is 61.2 Å². The molecule has 4 heteroatoms. The Morgan fingerprint density at radius 2 is 1.95 bits per heavy atom. The van der Waals surface area contributed by atoms with Crippen molar-refractivity contribution in [1.29, 1.82) is 5.26 Å². The van der Waals surface area contributed by atoms with Crippen LogP contribution in [0.25, 0.3) is 0 Å². The Morgan fingerprint density at radius 3 is 2.40 bits per heavy atom. The first kappa shape index (κ1) is 17.4. The van der Waals surface area contributed by atoms with Crippen molar-refractivity contribution in [2.24, 2.45) is 0 Å². The van der Waals surface area contributed by atoms with Crippen LogP contribution in [0.1, 0.15) is 46.5 Å². The highest BCUT2D eigenvalue weighted by Gasteiger charge is 2.25. The first-order chi connectivity index (χ1) is 9.36. The summed E-state index contributed by atoms with van der Waals surface area (Å²) in [6, 6.07) is 3.54. The van der Waals surface area contributed by atoms with Crippen molar-refractivity contribution in [3.63, 3.8) is 0 Å². The van der Waals surface area contributed by atoms with E-state index in [9.17, 15) is 5.26 Å². The molecule has 1 aliphatic heterocycles. The minimum Gasteiger partial charge on any atom is -0.306 e. The maximum atomic E-state index is 9.34. The van der Waals surface area contributed by atoms with Crippen molar-refractivity contribution in [2.45, 2.75) is 64.1 Å². The van der Waals surface area contributed by atoms with Crippen LogP contribution in [0.2, 0.25) is 0 Å². The molecule has 0 aromatic heterocycles. The van der Waals surface area contributed by atoms with Gasteiger partial charge < -0.3 is 9.80 Å². The Morgan fingerprint density at radius 1 is 1.35 bits per heavy atom. The third-order valence-corrected chi connectivity index (χ3v) is 4.29. The third-order valence-electron chi connectivity index (χ3n) is 4.29. The Hall–Kier alpha value is -0.630. The number of nitriles is 1. The summed E-state index contributed by atoms with van der Waals surface area (Å²) in [5.74, 6) is 0. The number of hydrogen-bond acceptors (Lipinski definition) is 4. The maximum Gasteiger partial charge on any atom is 0.104 e. The SMILES string of the molecule is CC(C)NC(C)(C#N)CCCN1CCC(N(C)C)CC1. The number of rotatable bonds is 7. The van der Waals surface area contributed by atoms with E-state index in [-0.39, 0.29) is 5.54 Å². The van der Waals surface area contributed by atoms with Crippen LogP contribution in [0.4, 0.5) is 0 Å².